The van der Waals surface area contributed by atoms with Gasteiger partial charge < -0.3 is 10.6 Å². The lowest BCUT2D eigenvalue weighted by Crippen LogP contribution is -2.57. The minimum absolute atomic E-state index is 0.0196. The molecule has 0 saturated carbocycles. The molecule has 0 heterocycles. The molecule has 0 aromatic rings. The molecule has 0 aromatic heterocycles. The lowest BCUT2D eigenvalue weighted by Gasteiger charge is -2.24. The Kier molecular flexibility index (Phi) is 5.09. The van der Waals surface area contributed by atoms with E-state index >= 15 is 0 Å². The number of alkyl halides is 6. The number of urea groups is 1. The molecule has 0 aromatic carbocycles. The predicted octanol–water partition coefficient (Wildman–Crippen LogP) is 2.43. The van der Waals surface area contributed by atoms with Gasteiger partial charge in [0, 0.05) is 6.54 Å². The van der Waals surface area contributed by atoms with Crippen LogP contribution in [0.3, 0.4) is 0 Å². The van der Waals surface area contributed by atoms with E-state index in [1.54, 1.807) is 13.8 Å². The van der Waals surface area contributed by atoms with Crippen molar-refractivity contribution in [2.24, 2.45) is 5.92 Å². The van der Waals surface area contributed by atoms with E-state index in [-0.39, 0.29) is 12.5 Å². The first-order valence-electron chi connectivity index (χ1n) is 4.62. The van der Waals surface area contributed by atoms with Crippen molar-refractivity contribution in [2.75, 3.05) is 6.54 Å². The van der Waals surface area contributed by atoms with Gasteiger partial charge >= 0.3 is 18.4 Å². The lowest BCUT2D eigenvalue weighted by atomic mass is 10.2. The SMILES string of the molecule is CC(C)CNC(=O)NC(C(F)(F)F)C(F)(F)F. The molecule has 0 bridgehead atoms. The standard InChI is InChI=1S/C8H12F6N2O/c1-4(2)3-15-6(17)16-5(7(9,10)11)8(12,13)14/h4-5H,3H2,1-2H3,(H2,15,16,17). The van der Waals surface area contributed by atoms with Crippen molar-refractivity contribution in [2.45, 2.75) is 32.2 Å². The van der Waals surface area contributed by atoms with Crippen molar-refractivity contribution in [3.8, 4) is 0 Å². The van der Waals surface area contributed by atoms with E-state index < -0.39 is 24.4 Å². The maximum absolute atomic E-state index is 12.0. The van der Waals surface area contributed by atoms with Crippen molar-refractivity contribution < 1.29 is 31.1 Å². The molecular weight excluding hydrogens is 254 g/mol. The highest BCUT2D eigenvalue weighted by Gasteiger charge is 2.57. The Balaban J connectivity index is 4.52. The number of carbonyl (C=O) groups is 1. The quantitative estimate of drug-likeness (QED) is 0.757. The Morgan fingerprint density at radius 1 is 1.06 bits per heavy atom. The summed E-state index contributed by atoms with van der Waals surface area (Å²) in [7, 11) is 0. The fourth-order valence-electron chi connectivity index (χ4n) is 0.828. The Labute approximate surface area is 93.5 Å². The van der Waals surface area contributed by atoms with Crippen LogP contribution in [-0.4, -0.2) is 31.0 Å². The highest BCUT2D eigenvalue weighted by Crippen LogP contribution is 2.32. The molecule has 102 valence electrons. The molecule has 0 spiro atoms. The third kappa shape index (κ3) is 6.22. The number of hydrogen-bond donors (Lipinski definition) is 2. The molecule has 0 rings (SSSR count). The average molecular weight is 266 g/mol. The Morgan fingerprint density at radius 3 is 1.76 bits per heavy atom. The first-order valence-corrected chi connectivity index (χ1v) is 4.62. The van der Waals surface area contributed by atoms with Crippen LogP contribution in [0.4, 0.5) is 31.1 Å². The fraction of sp³-hybridized carbons (Fsp3) is 0.875. The third-order valence-corrected chi connectivity index (χ3v) is 1.60. The van der Waals surface area contributed by atoms with E-state index in [0.717, 1.165) is 5.32 Å². The van der Waals surface area contributed by atoms with Gasteiger partial charge in [-0.05, 0) is 5.92 Å². The van der Waals surface area contributed by atoms with Crippen molar-refractivity contribution in [1.29, 1.82) is 0 Å². The van der Waals surface area contributed by atoms with Crippen LogP contribution in [0.5, 0.6) is 0 Å². The van der Waals surface area contributed by atoms with Crippen LogP contribution >= 0.6 is 0 Å². The molecule has 0 fully saturated rings. The minimum Gasteiger partial charge on any atom is -0.338 e. The highest BCUT2D eigenvalue weighted by atomic mass is 19.4. The topological polar surface area (TPSA) is 41.1 Å². The molecule has 0 aliphatic heterocycles. The molecule has 3 nitrogen and oxygen atoms in total. The van der Waals surface area contributed by atoms with Crippen LogP contribution in [0.2, 0.25) is 0 Å². The summed E-state index contributed by atoms with van der Waals surface area (Å²) in [5.74, 6) is -0.0871. The number of amides is 2. The number of halogens is 6. The molecule has 0 unspecified atom stereocenters. The first-order chi connectivity index (χ1) is 7.44. The van der Waals surface area contributed by atoms with Crippen LogP contribution in [0.1, 0.15) is 13.8 Å². The van der Waals surface area contributed by atoms with Gasteiger partial charge in [-0.25, -0.2) is 4.79 Å². The van der Waals surface area contributed by atoms with Crippen LogP contribution in [0.25, 0.3) is 0 Å². The first kappa shape index (κ1) is 15.9. The zero-order valence-corrected chi connectivity index (χ0v) is 9.04. The Morgan fingerprint density at radius 2 is 1.47 bits per heavy atom. The number of rotatable bonds is 3. The van der Waals surface area contributed by atoms with E-state index in [9.17, 15) is 31.1 Å². The lowest BCUT2D eigenvalue weighted by molar-refractivity contribution is -0.255. The van der Waals surface area contributed by atoms with E-state index in [1.165, 1.54) is 0 Å². The molecule has 0 aliphatic rings. The Hall–Kier alpha value is -1.15. The van der Waals surface area contributed by atoms with Crippen molar-refractivity contribution >= 4 is 6.03 Å². The van der Waals surface area contributed by atoms with Gasteiger partial charge in [0.2, 0.25) is 6.04 Å². The van der Waals surface area contributed by atoms with Crippen LogP contribution in [0, 0.1) is 5.92 Å². The summed E-state index contributed by atoms with van der Waals surface area (Å²) in [6.07, 6.45) is -11.2. The number of nitrogens with one attached hydrogen (secondary N) is 2. The number of carbonyl (C=O) groups excluding carboxylic acids is 1. The van der Waals surface area contributed by atoms with Crippen LogP contribution < -0.4 is 10.6 Å². The molecular formula is C8H12F6N2O. The highest BCUT2D eigenvalue weighted by molar-refractivity contribution is 5.74. The maximum atomic E-state index is 12.0. The minimum atomic E-state index is -5.58. The van der Waals surface area contributed by atoms with E-state index in [1.807, 2.05) is 5.32 Å². The second kappa shape index (κ2) is 5.46. The second-order valence-corrected chi connectivity index (χ2v) is 3.76. The molecule has 0 atom stereocenters. The van der Waals surface area contributed by atoms with Crippen LogP contribution in [0.15, 0.2) is 0 Å². The predicted molar refractivity (Wildman–Crippen MR) is 47.3 cm³/mol. The molecule has 9 heteroatoms. The molecule has 2 amide bonds. The normalized spacial score (nSPS) is 13.1. The largest absolute Gasteiger partial charge is 0.417 e. The maximum Gasteiger partial charge on any atom is 0.417 e. The monoisotopic (exact) mass is 266 g/mol. The van der Waals surface area contributed by atoms with E-state index in [2.05, 4.69) is 0 Å². The summed E-state index contributed by atoms with van der Waals surface area (Å²) >= 11 is 0. The van der Waals surface area contributed by atoms with Crippen molar-refractivity contribution in [3.63, 3.8) is 0 Å². The third-order valence-electron chi connectivity index (χ3n) is 1.60. The smallest absolute Gasteiger partial charge is 0.338 e. The van der Waals surface area contributed by atoms with Gasteiger partial charge in [-0.3, -0.25) is 0 Å². The summed E-state index contributed by atoms with van der Waals surface area (Å²) in [5, 5.41) is 2.76. The molecule has 2 N–H and O–H groups in total. The van der Waals surface area contributed by atoms with Gasteiger partial charge in [-0.15, -0.1) is 0 Å². The van der Waals surface area contributed by atoms with Gasteiger partial charge in [0.05, 0.1) is 0 Å². The zero-order chi connectivity index (χ0) is 13.9. The van der Waals surface area contributed by atoms with Gasteiger partial charge in [-0.2, -0.15) is 26.3 Å². The van der Waals surface area contributed by atoms with Crippen molar-refractivity contribution in [3.05, 3.63) is 0 Å². The van der Waals surface area contributed by atoms with E-state index in [0.29, 0.717) is 0 Å². The summed E-state index contributed by atoms with van der Waals surface area (Å²) in [6.45, 7) is 3.27. The van der Waals surface area contributed by atoms with Gasteiger partial charge in [0.25, 0.3) is 0 Å². The summed E-state index contributed by atoms with van der Waals surface area (Å²) in [6, 6.07) is -5.36. The fourth-order valence-corrected chi connectivity index (χ4v) is 0.828. The number of hydrogen-bond acceptors (Lipinski definition) is 1. The average Bonchev–Trinajstić information content (AvgIpc) is 2.07. The van der Waals surface area contributed by atoms with Gasteiger partial charge in [0.15, 0.2) is 0 Å². The molecule has 0 aliphatic carbocycles. The molecule has 0 radical (unpaired) electrons. The van der Waals surface area contributed by atoms with Crippen LogP contribution in [-0.2, 0) is 0 Å². The molecule has 0 saturated heterocycles. The van der Waals surface area contributed by atoms with Gasteiger partial charge in [0.1, 0.15) is 0 Å². The Bertz CT molecular complexity index is 246. The molecule has 17 heavy (non-hydrogen) atoms. The summed E-state index contributed by atoms with van der Waals surface area (Å²) < 4.78 is 72.1. The van der Waals surface area contributed by atoms with Gasteiger partial charge in [-0.1, -0.05) is 13.8 Å². The summed E-state index contributed by atoms with van der Waals surface area (Å²) in [4.78, 5) is 10.8. The van der Waals surface area contributed by atoms with E-state index in [4.69, 9.17) is 0 Å². The summed E-state index contributed by atoms with van der Waals surface area (Å²) in [5.41, 5.74) is 0. The second-order valence-electron chi connectivity index (χ2n) is 3.76. The van der Waals surface area contributed by atoms with Crippen molar-refractivity contribution in [1.82, 2.24) is 10.6 Å². The zero-order valence-electron chi connectivity index (χ0n) is 9.04.